The molecule has 0 fully saturated rings. The number of carbonyl (C=O) groups is 2. The van der Waals surface area contributed by atoms with Gasteiger partial charge in [0.2, 0.25) is 5.91 Å². The first-order valence-electron chi connectivity index (χ1n) is 4.09. The second kappa shape index (κ2) is 4.24. The first kappa shape index (κ1) is 10.7. The molecule has 0 saturated carbocycles. The topological polar surface area (TPSA) is 46.2 Å². The van der Waals surface area contributed by atoms with Crippen LogP contribution >= 0.6 is 11.6 Å². The Hall–Kier alpha value is -1.35. The van der Waals surface area contributed by atoms with Crippen LogP contribution in [0.1, 0.15) is 24.2 Å². The predicted octanol–water partition coefficient (Wildman–Crippen LogP) is 2.50. The molecule has 1 aromatic carbocycles. The molecule has 1 rings (SSSR count). The van der Waals surface area contributed by atoms with Gasteiger partial charge in [-0.25, -0.2) is 0 Å². The van der Waals surface area contributed by atoms with E-state index in [0.717, 1.165) is 0 Å². The van der Waals surface area contributed by atoms with Crippen LogP contribution in [-0.4, -0.2) is 11.7 Å². The van der Waals surface area contributed by atoms with Crippen molar-refractivity contribution in [1.29, 1.82) is 0 Å². The van der Waals surface area contributed by atoms with Gasteiger partial charge in [-0.1, -0.05) is 11.6 Å². The molecular formula is C10H10ClNO2. The Kier molecular flexibility index (Phi) is 3.25. The minimum Gasteiger partial charge on any atom is -0.326 e. The first-order valence-corrected chi connectivity index (χ1v) is 4.46. The quantitative estimate of drug-likeness (QED) is 0.764. The lowest BCUT2D eigenvalue weighted by atomic mass is 10.1. The van der Waals surface area contributed by atoms with Crippen LogP contribution in [0.5, 0.6) is 0 Å². The van der Waals surface area contributed by atoms with E-state index in [-0.39, 0.29) is 11.7 Å². The summed E-state index contributed by atoms with van der Waals surface area (Å²) in [4.78, 5) is 21.8. The lowest BCUT2D eigenvalue weighted by Gasteiger charge is -2.04. The molecule has 14 heavy (non-hydrogen) atoms. The van der Waals surface area contributed by atoms with Crippen molar-refractivity contribution < 1.29 is 9.59 Å². The second-order valence-corrected chi connectivity index (χ2v) is 3.34. The summed E-state index contributed by atoms with van der Waals surface area (Å²) in [5.41, 5.74) is 1.05. The summed E-state index contributed by atoms with van der Waals surface area (Å²) in [5, 5.41) is 2.93. The van der Waals surface area contributed by atoms with E-state index < -0.39 is 0 Å². The van der Waals surface area contributed by atoms with E-state index in [1.165, 1.54) is 13.8 Å². The van der Waals surface area contributed by atoms with Crippen molar-refractivity contribution in [2.24, 2.45) is 0 Å². The highest BCUT2D eigenvalue weighted by atomic mass is 35.5. The Morgan fingerprint density at radius 3 is 2.36 bits per heavy atom. The van der Waals surface area contributed by atoms with Crippen molar-refractivity contribution in [2.45, 2.75) is 13.8 Å². The molecule has 3 nitrogen and oxygen atoms in total. The molecule has 1 N–H and O–H groups in total. The number of halogens is 1. The SMILES string of the molecule is CC(=O)Nc1ccc(C(C)=O)c(Cl)c1. The average Bonchev–Trinajstić information content (AvgIpc) is 2.01. The zero-order valence-electron chi connectivity index (χ0n) is 7.93. The van der Waals surface area contributed by atoms with Crippen LogP contribution in [0.25, 0.3) is 0 Å². The number of anilines is 1. The van der Waals surface area contributed by atoms with Gasteiger partial charge in [-0.05, 0) is 25.1 Å². The predicted molar refractivity (Wildman–Crippen MR) is 55.8 cm³/mol. The van der Waals surface area contributed by atoms with Crippen LogP contribution in [0.15, 0.2) is 18.2 Å². The average molecular weight is 212 g/mol. The fourth-order valence-corrected chi connectivity index (χ4v) is 1.40. The molecule has 1 aromatic rings. The maximum absolute atomic E-state index is 11.0. The number of amides is 1. The van der Waals surface area contributed by atoms with Gasteiger partial charge in [-0.2, -0.15) is 0 Å². The number of hydrogen-bond donors (Lipinski definition) is 1. The molecule has 1 amide bonds. The van der Waals surface area contributed by atoms with Crippen molar-refractivity contribution in [1.82, 2.24) is 0 Å². The molecule has 0 saturated heterocycles. The minimum atomic E-state index is -0.170. The second-order valence-electron chi connectivity index (χ2n) is 2.93. The summed E-state index contributed by atoms with van der Waals surface area (Å²) >= 11 is 5.84. The monoisotopic (exact) mass is 211 g/mol. The van der Waals surface area contributed by atoms with Crippen molar-refractivity contribution in [2.75, 3.05) is 5.32 Å². The van der Waals surface area contributed by atoms with Crippen molar-refractivity contribution in [3.05, 3.63) is 28.8 Å². The highest BCUT2D eigenvalue weighted by Crippen LogP contribution is 2.21. The highest BCUT2D eigenvalue weighted by molar-refractivity contribution is 6.34. The van der Waals surface area contributed by atoms with E-state index >= 15 is 0 Å². The molecule has 0 radical (unpaired) electrons. The Morgan fingerprint density at radius 1 is 1.29 bits per heavy atom. The Balaban J connectivity index is 3.00. The summed E-state index contributed by atoms with van der Waals surface area (Å²) in [6, 6.07) is 4.79. The minimum absolute atomic E-state index is 0.0932. The Labute approximate surface area is 87.1 Å². The molecule has 0 aliphatic rings. The number of carbonyl (C=O) groups excluding carboxylic acids is 2. The highest BCUT2D eigenvalue weighted by Gasteiger charge is 2.06. The van der Waals surface area contributed by atoms with E-state index in [0.29, 0.717) is 16.3 Å². The molecule has 0 aromatic heterocycles. The Morgan fingerprint density at radius 2 is 1.93 bits per heavy atom. The van der Waals surface area contributed by atoms with Crippen molar-refractivity contribution in [3.8, 4) is 0 Å². The van der Waals surface area contributed by atoms with Crippen LogP contribution in [0.2, 0.25) is 5.02 Å². The third kappa shape index (κ3) is 2.57. The lowest BCUT2D eigenvalue weighted by molar-refractivity contribution is -0.114. The molecule has 74 valence electrons. The van der Waals surface area contributed by atoms with Crippen molar-refractivity contribution >= 4 is 29.0 Å². The largest absolute Gasteiger partial charge is 0.326 e. The normalized spacial score (nSPS) is 9.64. The van der Waals surface area contributed by atoms with E-state index in [4.69, 9.17) is 11.6 Å². The van der Waals surface area contributed by atoms with Crippen molar-refractivity contribution in [3.63, 3.8) is 0 Å². The molecule has 0 aliphatic heterocycles. The molecule has 0 bridgehead atoms. The van der Waals surface area contributed by atoms with Gasteiger partial charge in [-0.3, -0.25) is 9.59 Å². The van der Waals surface area contributed by atoms with E-state index in [2.05, 4.69) is 5.32 Å². The van der Waals surface area contributed by atoms with Crippen LogP contribution in [0.3, 0.4) is 0 Å². The summed E-state index contributed by atoms with van der Waals surface area (Å²) in [6.07, 6.45) is 0. The fraction of sp³-hybridized carbons (Fsp3) is 0.200. The molecular weight excluding hydrogens is 202 g/mol. The van der Waals surface area contributed by atoms with Gasteiger partial charge in [0.15, 0.2) is 5.78 Å². The zero-order chi connectivity index (χ0) is 10.7. The molecule has 0 unspecified atom stereocenters. The maximum Gasteiger partial charge on any atom is 0.221 e. The van der Waals surface area contributed by atoms with Crippen LogP contribution in [0.4, 0.5) is 5.69 Å². The van der Waals surface area contributed by atoms with Gasteiger partial charge in [0.25, 0.3) is 0 Å². The maximum atomic E-state index is 11.0. The zero-order valence-corrected chi connectivity index (χ0v) is 8.68. The molecule has 0 heterocycles. The van der Waals surface area contributed by atoms with Crippen LogP contribution in [0, 0.1) is 0 Å². The van der Waals surface area contributed by atoms with Gasteiger partial charge < -0.3 is 5.32 Å². The van der Waals surface area contributed by atoms with Gasteiger partial charge in [-0.15, -0.1) is 0 Å². The third-order valence-corrected chi connectivity index (χ3v) is 1.98. The fourth-order valence-electron chi connectivity index (χ4n) is 1.08. The first-order chi connectivity index (χ1) is 6.50. The third-order valence-electron chi connectivity index (χ3n) is 1.67. The van der Waals surface area contributed by atoms with E-state index in [1.807, 2.05) is 0 Å². The van der Waals surface area contributed by atoms with Crippen LogP contribution in [-0.2, 0) is 4.79 Å². The van der Waals surface area contributed by atoms with E-state index in [1.54, 1.807) is 18.2 Å². The molecule has 4 heteroatoms. The number of rotatable bonds is 2. The summed E-state index contributed by atoms with van der Waals surface area (Å²) in [7, 11) is 0. The Bertz CT molecular complexity index is 388. The number of Topliss-reactive ketones (excluding diaryl/α,β-unsaturated/α-hetero) is 1. The molecule has 0 spiro atoms. The molecule has 0 atom stereocenters. The van der Waals surface area contributed by atoms with E-state index in [9.17, 15) is 9.59 Å². The molecule has 0 aliphatic carbocycles. The number of nitrogens with one attached hydrogen (secondary N) is 1. The number of hydrogen-bond acceptors (Lipinski definition) is 2. The smallest absolute Gasteiger partial charge is 0.221 e. The van der Waals surface area contributed by atoms with Gasteiger partial charge in [0.05, 0.1) is 5.02 Å². The number of ketones is 1. The summed E-state index contributed by atoms with van der Waals surface area (Å²) < 4.78 is 0. The van der Waals surface area contributed by atoms with Gasteiger partial charge >= 0.3 is 0 Å². The van der Waals surface area contributed by atoms with Crippen LogP contribution < -0.4 is 5.32 Å². The summed E-state index contributed by atoms with van der Waals surface area (Å²) in [6.45, 7) is 2.85. The summed E-state index contributed by atoms with van der Waals surface area (Å²) in [5.74, 6) is -0.263. The number of benzene rings is 1. The van der Waals surface area contributed by atoms with Gasteiger partial charge in [0, 0.05) is 18.2 Å². The standard InChI is InChI=1S/C10H10ClNO2/c1-6(13)9-4-3-8(5-10(9)11)12-7(2)14/h3-5H,1-2H3,(H,12,14). The lowest BCUT2D eigenvalue weighted by Crippen LogP contribution is -2.06. The van der Waals surface area contributed by atoms with Gasteiger partial charge in [0.1, 0.15) is 0 Å².